The van der Waals surface area contributed by atoms with E-state index in [-0.39, 0.29) is 31.1 Å². The molecule has 0 amide bonds. The Kier molecular flexibility index (Phi) is 69.5. The van der Waals surface area contributed by atoms with Crippen molar-refractivity contribution in [3.8, 4) is 0 Å². The number of esters is 3. The van der Waals surface area contributed by atoms with E-state index in [9.17, 15) is 14.4 Å². The first-order valence-electron chi connectivity index (χ1n) is 37.5. The van der Waals surface area contributed by atoms with Crippen molar-refractivity contribution in [1.29, 1.82) is 0 Å². The molecule has 0 fully saturated rings. The van der Waals surface area contributed by atoms with Gasteiger partial charge in [0.05, 0.1) is 0 Å². The van der Waals surface area contributed by atoms with Gasteiger partial charge in [0.25, 0.3) is 0 Å². The molecular weight excluding hydrogens is 997 g/mol. The van der Waals surface area contributed by atoms with E-state index in [1.807, 2.05) is 0 Å². The van der Waals surface area contributed by atoms with Crippen LogP contribution in [0.15, 0.2) is 0 Å². The smallest absolute Gasteiger partial charge is 0.306 e. The van der Waals surface area contributed by atoms with E-state index in [4.69, 9.17) is 14.2 Å². The fourth-order valence-corrected chi connectivity index (χ4v) is 12.0. The Morgan fingerprint density at radius 2 is 0.333 bits per heavy atom. The van der Waals surface area contributed by atoms with Gasteiger partial charge in [0, 0.05) is 19.3 Å². The second-order valence-electron chi connectivity index (χ2n) is 25.9. The SMILES string of the molecule is CCCCCCCCCCCCCCCCCCCCCCCCCCCCCCCCCCCCCC(=O)OCC(COC(=O)CCCCCCCCC)OC(=O)CCCCCCCCCCCCCCCCCCCCCCC. The van der Waals surface area contributed by atoms with Crippen molar-refractivity contribution in [2.24, 2.45) is 0 Å². The highest BCUT2D eigenvalue weighted by Crippen LogP contribution is 2.20. The quantitative estimate of drug-likeness (QED) is 0.0343. The molecule has 0 heterocycles. The molecule has 0 saturated heterocycles. The minimum absolute atomic E-state index is 0.0612. The zero-order chi connectivity index (χ0) is 58.5. The van der Waals surface area contributed by atoms with Crippen molar-refractivity contribution in [3.05, 3.63) is 0 Å². The molecule has 0 radical (unpaired) electrons. The minimum atomic E-state index is -0.762. The van der Waals surface area contributed by atoms with E-state index in [2.05, 4.69) is 20.8 Å². The maximum Gasteiger partial charge on any atom is 0.306 e. The molecule has 0 spiro atoms. The maximum atomic E-state index is 12.9. The molecule has 6 heteroatoms. The van der Waals surface area contributed by atoms with Crippen LogP contribution in [0.25, 0.3) is 0 Å². The molecule has 0 rings (SSSR count). The van der Waals surface area contributed by atoms with Gasteiger partial charge in [-0.25, -0.2) is 0 Å². The number of carbonyl (C=O) groups excluding carboxylic acids is 3. The zero-order valence-electron chi connectivity index (χ0n) is 55.6. The molecule has 0 N–H and O–H groups in total. The van der Waals surface area contributed by atoms with Crippen LogP contribution in [0.1, 0.15) is 445 Å². The van der Waals surface area contributed by atoms with Crippen LogP contribution in [-0.4, -0.2) is 37.2 Å². The van der Waals surface area contributed by atoms with Gasteiger partial charge in [0.2, 0.25) is 0 Å². The van der Waals surface area contributed by atoms with Gasteiger partial charge < -0.3 is 14.2 Å². The molecule has 0 aromatic heterocycles. The summed E-state index contributed by atoms with van der Waals surface area (Å²) in [5.74, 6) is -0.832. The molecule has 1 unspecified atom stereocenters. The average Bonchev–Trinajstić information content (AvgIpc) is 3.47. The molecule has 482 valence electrons. The minimum Gasteiger partial charge on any atom is -0.462 e. The highest BCUT2D eigenvalue weighted by atomic mass is 16.6. The Morgan fingerprint density at radius 3 is 0.494 bits per heavy atom. The van der Waals surface area contributed by atoms with Crippen LogP contribution in [0.3, 0.4) is 0 Å². The van der Waals surface area contributed by atoms with Crippen LogP contribution >= 0.6 is 0 Å². The van der Waals surface area contributed by atoms with Crippen molar-refractivity contribution >= 4 is 17.9 Å². The van der Waals surface area contributed by atoms with Crippen LogP contribution in [-0.2, 0) is 28.6 Å². The molecule has 0 bridgehead atoms. The average molecular weight is 1140 g/mol. The first kappa shape index (κ1) is 79.4. The topological polar surface area (TPSA) is 78.9 Å². The van der Waals surface area contributed by atoms with E-state index < -0.39 is 6.10 Å². The fraction of sp³-hybridized carbons (Fsp3) is 0.960. The van der Waals surface area contributed by atoms with Gasteiger partial charge in [-0.1, -0.05) is 406 Å². The number of ether oxygens (including phenoxy) is 3. The van der Waals surface area contributed by atoms with Crippen molar-refractivity contribution in [3.63, 3.8) is 0 Å². The van der Waals surface area contributed by atoms with Crippen molar-refractivity contribution in [1.82, 2.24) is 0 Å². The fourth-order valence-electron chi connectivity index (χ4n) is 12.0. The van der Waals surface area contributed by atoms with E-state index >= 15 is 0 Å². The summed E-state index contributed by atoms with van der Waals surface area (Å²) in [7, 11) is 0. The van der Waals surface area contributed by atoms with Crippen molar-refractivity contribution < 1.29 is 28.6 Å². The molecule has 0 aromatic rings. The van der Waals surface area contributed by atoms with Gasteiger partial charge in [-0.3, -0.25) is 14.4 Å². The van der Waals surface area contributed by atoms with Crippen LogP contribution in [0.2, 0.25) is 0 Å². The molecule has 1 atom stereocenters. The molecule has 6 nitrogen and oxygen atoms in total. The summed E-state index contributed by atoms with van der Waals surface area (Å²) in [5.41, 5.74) is 0. The molecule has 0 aliphatic rings. The summed E-state index contributed by atoms with van der Waals surface area (Å²) in [5, 5.41) is 0. The summed E-state index contributed by atoms with van der Waals surface area (Å²) in [6.07, 6.45) is 84.9. The van der Waals surface area contributed by atoms with E-state index in [0.29, 0.717) is 19.3 Å². The van der Waals surface area contributed by atoms with Gasteiger partial charge in [-0.2, -0.15) is 0 Å². The lowest BCUT2D eigenvalue weighted by Crippen LogP contribution is -2.30. The molecule has 81 heavy (non-hydrogen) atoms. The monoisotopic (exact) mass is 1140 g/mol. The highest BCUT2D eigenvalue weighted by molar-refractivity contribution is 5.71. The molecule has 0 aliphatic heterocycles. The third kappa shape index (κ3) is 69.1. The second kappa shape index (κ2) is 70.9. The zero-order valence-corrected chi connectivity index (χ0v) is 55.6. The Balaban J connectivity index is 3.89. The summed E-state index contributed by atoms with van der Waals surface area (Å²) < 4.78 is 16.9. The number of carbonyl (C=O) groups is 3. The lowest BCUT2D eigenvalue weighted by Gasteiger charge is -2.18. The molecule has 0 aliphatic carbocycles. The second-order valence-corrected chi connectivity index (χ2v) is 25.9. The molecule has 0 aromatic carbocycles. The van der Waals surface area contributed by atoms with Gasteiger partial charge >= 0.3 is 17.9 Å². The van der Waals surface area contributed by atoms with Crippen molar-refractivity contribution in [2.75, 3.05) is 13.2 Å². The number of hydrogen-bond acceptors (Lipinski definition) is 6. The van der Waals surface area contributed by atoms with Crippen LogP contribution in [0.5, 0.6) is 0 Å². The van der Waals surface area contributed by atoms with Crippen LogP contribution in [0, 0.1) is 0 Å². The van der Waals surface area contributed by atoms with E-state index in [1.165, 1.54) is 347 Å². The van der Waals surface area contributed by atoms with Gasteiger partial charge in [-0.15, -0.1) is 0 Å². The Morgan fingerprint density at radius 1 is 0.198 bits per heavy atom. The van der Waals surface area contributed by atoms with E-state index in [0.717, 1.165) is 57.8 Å². The first-order valence-corrected chi connectivity index (χ1v) is 37.5. The highest BCUT2D eigenvalue weighted by Gasteiger charge is 2.20. The lowest BCUT2D eigenvalue weighted by atomic mass is 10.0. The van der Waals surface area contributed by atoms with E-state index in [1.54, 1.807) is 0 Å². The normalized spacial score (nSPS) is 11.9. The van der Waals surface area contributed by atoms with Gasteiger partial charge in [-0.05, 0) is 19.3 Å². The third-order valence-corrected chi connectivity index (χ3v) is 17.6. The Labute approximate surface area is 508 Å². The summed E-state index contributed by atoms with van der Waals surface area (Å²) in [6, 6.07) is 0. The van der Waals surface area contributed by atoms with Crippen LogP contribution < -0.4 is 0 Å². The standard InChI is InChI=1S/C75H146O6/c1-4-7-10-13-16-18-20-22-24-26-28-30-31-32-33-34-35-36-37-38-39-40-41-42-43-45-46-48-50-52-54-56-59-62-65-68-74(77)80-71-72(70-79-73(76)67-64-61-58-15-12-9-6-3)81-75(78)69-66-63-60-57-55-53-51-49-47-44-29-27-25-23-21-19-17-14-11-8-5-2/h72H,4-71H2,1-3H3. The number of hydrogen-bond donors (Lipinski definition) is 0. The summed E-state index contributed by atoms with van der Waals surface area (Å²) in [4.78, 5) is 38.2. The number of unbranched alkanes of at least 4 members (excludes halogenated alkanes) is 60. The predicted octanol–water partition coefficient (Wildman–Crippen LogP) is 25.8. The van der Waals surface area contributed by atoms with Crippen molar-refractivity contribution in [2.45, 2.75) is 451 Å². The summed E-state index contributed by atoms with van der Waals surface area (Å²) >= 11 is 0. The Bertz CT molecular complexity index is 1220. The van der Waals surface area contributed by atoms with Gasteiger partial charge in [0.15, 0.2) is 6.10 Å². The van der Waals surface area contributed by atoms with Crippen LogP contribution in [0.4, 0.5) is 0 Å². The molecule has 0 saturated carbocycles. The maximum absolute atomic E-state index is 12.9. The largest absolute Gasteiger partial charge is 0.462 e. The summed E-state index contributed by atoms with van der Waals surface area (Å²) in [6.45, 7) is 6.70. The Hall–Kier alpha value is -1.59. The lowest BCUT2D eigenvalue weighted by molar-refractivity contribution is -0.167. The first-order chi connectivity index (χ1) is 40.0. The third-order valence-electron chi connectivity index (χ3n) is 17.6. The number of rotatable bonds is 71. The molecular formula is C75H146O6. The predicted molar refractivity (Wildman–Crippen MR) is 354 cm³/mol. The van der Waals surface area contributed by atoms with Gasteiger partial charge in [0.1, 0.15) is 13.2 Å².